The van der Waals surface area contributed by atoms with Gasteiger partial charge in [0.1, 0.15) is 0 Å². The van der Waals surface area contributed by atoms with E-state index in [4.69, 9.17) is 0 Å². The molecule has 0 saturated carbocycles. The molecule has 0 atom stereocenters. The molecule has 0 amide bonds. The second-order valence-corrected chi connectivity index (χ2v) is 7.47. The molecule has 0 fully saturated rings. The summed E-state index contributed by atoms with van der Waals surface area (Å²) in [6.07, 6.45) is 5.21. The lowest BCUT2D eigenvalue weighted by molar-refractivity contribution is 0.571. The van der Waals surface area contributed by atoms with Crippen molar-refractivity contribution in [3.63, 3.8) is 0 Å². The third kappa shape index (κ3) is 4.46. The Hall–Kier alpha value is -0.300. The van der Waals surface area contributed by atoms with Crippen molar-refractivity contribution in [2.24, 2.45) is 11.8 Å². The molecule has 0 aliphatic rings. The molecule has 0 aliphatic carbocycles. The number of hydrogen-bond acceptors (Lipinski definition) is 1. The molecule has 98 valence electrons. The van der Waals surface area contributed by atoms with Gasteiger partial charge in [-0.25, -0.2) is 0 Å². The first-order valence-corrected chi connectivity index (χ1v) is 7.81. The third-order valence-corrected chi connectivity index (χ3v) is 4.57. The smallest absolute Gasteiger partial charge is 0.00518 e. The van der Waals surface area contributed by atoms with Gasteiger partial charge in [-0.2, -0.15) is 0 Å². The van der Waals surface area contributed by atoms with Crippen molar-refractivity contribution >= 4 is 11.3 Å². The summed E-state index contributed by atoms with van der Waals surface area (Å²) < 4.78 is 0. The molecule has 0 bridgehead atoms. The molecule has 0 nitrogen and oxygen atoms in total. The van der Waals surface area contributed by atoms with Crippen molar-refractivity contribution in [2.45, 2.75) is 67.2 Å². The largest absolute Gasteiger partial charge is 0.145 e. The van der Waals surface area contributed by atoms with Crippen LogP contribution >= 0.6 is 11.3 Å². The van der Waals surface area contributed by atoms with Crippen LogP contribution in [0.25, 0.3) is 0 Å². The molecular formula is C16H28S. The van der Waals surface area contributed by atoms with Crippen molar-refractivity contribution in [3.05, 3.63) is 20.9 Å². The van der Waals surface area contributed by atoms with Crippen molar-refractivity contribution in [3.8, 4) is 0 Å². The highest BCUT2D eigenvalue weighted by molar-refractivity contribution is 7.12. The molecule has 1 heteroatoms. The monoisotopic (exact) mass is 252 g/mol. The van der Waals surface area contributed by atoms with Crippen LogP contribution in [0.4, 0.5) is 0 Å². The molecule has 1 heterocycles. The molecule has 0 spiro atoms. The summed E-state index contributed by atoms with van der Waals surface area (Å²) in [4.78, 5) is 3.11. The molecule has 0 aromatic carbocycles. The SMILES string of the molecule is Cc1sc(C)c(CCC(C)C)c1CCC(C)C. The maximum Gasteiger partial charge on any atom is 0.00518 e. The quantitative estimate of drug-likeness (QED) is 0.623. The Kier molecular flexibility index (Phi) is 5.72. The van der Waals surface area contributed by atoms with Gasteiger partial charge in [-0.15, -0.1) is 11.3 Å². The zero-order chi connectivity index (χ0) is 13.0. The van der Waals surface area contributed by atoms with Gasteiger partial charge in [-0.3, -0.25) is 0 Å². The van der Waals surface area contributed by atoms with Crippen molar-refractivity contribution in [1.29, 1.82) is 0 Å². The molecule has 0 radical (unpaired) electrons. The molecular weight excluding hydrogens is 224 g/mol. The topological polar surface area (TPSA) is 0 Å². The first kappa shape index (κ1) is 14.8. The van der Waals surface area contributed by atoms with Gasteiger partial charge in [0.2, 0.25) is 0 Å². The number of rotatable bonds is 6. The van der Waals surface area contributed by atoms with Crippen molar-refractivity contribution in [1.82, 2.24) is 0 Å². The average molecular weight is 252 g/mol. The normalized spacial score (nSPS) is 11.8. The fourth-order valence-corrected chi connectivity index (χ4v) is 3.45. The van der Waals surface area contributed by atoms with Gasteiger partial charge in [0.05, 0.1) is 0 Å². The van der Waals surface area contributed by atoms with E-state index in [-0.39, 0.29) is 0 Å². The predicted molar refractivity (Wildman–Crippen MR) is 80.1 cm³/mol. The van der Waals surface area contributed by atoms with Crippen LogP contribution in [-0.2, 0) is 12.8 Å². The highest BCUT2D eigenvalue weighted by Gasteiger charge is 2.13. The molecule has 17 heavy (non-hydrogen) atoms. The minimum atomic E-state index is 0.813. The number of thiophene rings is 1. The Bertz CT molecular complexity index is 312. The minimum Gasteiger partial charge on any atom is -0.145 e. The van der Waals surface area contributed by atoms with Gasteiger partial charge >= 0.3 is 0 Å². The lowest BCUT2D eigenvalue weighted by Crippen LogP contribution is -1.99. The first-order valence-electron chi connectivity index (χ1n) is 6.99. The molecule has 1 rings (SSSR count). The van der Waals surface area contributed by atoms with Crippen molar-refractivity contribution in [2.75, 3.05) is 0 Å². The molecule has 0 aliphatic heterocycles. The summed E-state index contributed by atoms with van der Waals surface area (Å²) in [6, 6.07) is 0. The van der Waals surface area contributed by atoms with E-state index in [0.29, 0.717) is 0 Å². The van der Waals surface area contributed by atoms with E-state index in [1.54, 1.807) is 20.9 Å². The van der Waals surface area contributed by atoms with E-state index in [2.05, 4.69) is 41.5 Å². The van der Waals surface area contributed by atoms with E-state index in [1.165, 1.54) is 25.7 Å². The van der Waals surface area contributed by atoms with E-state index in [1.807, 2.05) is 11.3 Å². The van der Waals surface area contributed by atoms with E-state index in [9.17, 15) is 0 Å². The zero-order valence-corrected chi connectivity index (χ0v) is 13.2. The van der Waals surface area contributed by atoms with Gasteiger partial charge in [0.25, 0.3) is 0 Å². The molecule has 0 N–H and O–H groups in total. The highest BCUT2D eigenvalue weighted by Crippen LogP contribution is 2.30. The Morgan fingerprint density at radius 3 is 1.41 bits per heavy atom. The first-order chi connectivity index (χ1) is 7.91. The summed E-state index contributed by atoms with van der Waals surface area (Å²) >= 11 is 2.00. The average Bonchev–Trinajstić information content (AvgIpc) is 2.47. The lowest BCUT2D eigenvalue weighted by atomic mass is 9.94. The summed E-state index contributed by atoms with van der Waals surface area (Å²) in [5.74, 6) is 1.63. The summed E-state index contributed by atoms with van der Waals surface area (Å²) in [7, 11) is 0. The summed E-state index contributed by atoms with van der Waals surface area (Å²) in [6.45, 7) is 13.9. The van der Waals surface area contributed by atoms with E-state index in [0.717, 1.165) is 11.8 Å². The number of hydrogen-bond donors (Lipinski definition) is 0. The lowest BCUT2D eigenvalue weighted by Gasteiger charge is -2.10. The highest BCUT2D eigenvalue weighted by atomic mass is 32.1. The van der Waals surface area contributed by atoms with Crippen LogP contribution in [0.3, 0.4) is 0 Å². The van der Waals surface area contributed by atoms with Gasteiger partial charge < -0.3 is 0 Å². The summed E-state index contributed by atoms with van der Waals surface area (Å²) in [5, 5.41) is 0. The number of aryl methyl sites for hydroxylation is 2. The standard InChI is InChI=1S/C16H28S/c1-11(2)7-9-15-13(5)17-14(6)16(15)10-8-12(3)4/h11-12H,7-10H2,1-6H3. The van der Waals surface area contributed by atoms with Crippen LogP contribution in [0.2, 0.25) is 0 Å². The zero-order valence-electron chi connectivity index (χ0n) is 12.4. The van der Waals surface area contributed by atoms with Crippen LogP contribution in [0.1, 0.15) is 61.4 Å². The molecule has 1 aromatic rings. The van der Waals surface area contributed by atoms with Gasteiger partial charge in [0, 0.05) is 9.75 Å². The van der Waals surface area contributed by atoms with Crippen LogP contribution in [-0.4, -0.2) is 0 Å². The third-order valence-electron chi connectivity index (χ3n) is 3.46. The molecule has 0 unspecified atom stereocenters. The van der Waals surface area contributed by atoms with E-state index < -0.39 is 0 Å². The maximum atomic E-state index is 2.32. The Morgan fingerprint density at radius 1 is 0.765 bits per heavy atom. The Labute approximate surface area is 111 Å². The Morgan fingerprint density at radius 2 is 1.12 bits per heavy atom. The van der Waals surface area contributed by atoms with Gasteiger partial charge in [-0.05, 0) is 62.5 Å². The second-order valence-electron chi connectivity index (χ2n) is 6.04. The van der Waals surface area contributed by atoms with Crippen molar-refractivity contribution < 1.29 is 0 Å². The minimum absolute atomic E-state index is 0.813. The fourth-order valence-electron chi connectivity index (χ4n) is 2.30. The van der Waals surface area contributed by atoms with Crippen LogP contribution in [0.15, 0.2) is 0 Å². The predicted octanol–water partition coefficient (Wildman–Crippen LogP) is 5.54. The van der Waals surface area contributed by atoms with Gasteiger partial charge in [-0.1, -0.05) is 27.7 Å². The molecule has 0 saturated heterocycles. The van der Waals surface area contributed by atoms with Crippen LogP contribution in [0.5, 0.6) is 0 Å². The fraction of sp³-hybridized carbons (Fsp3) is 0.750. The summed E-state index contributed by atoms with van der Waals surface area (Å²) in [5.41, 5.74) is 3.34. The maximum absolute atomic E-state index is 2.32. The molecule has 1 aromatic heterocycles. The van der Waals surface area contributed by atoms with Gasteiger partial charge in [0.15, 0.2) is 0 Å². The van der Waals surface area contributed by atoms with E-state index >= 15 is 0 Å². The second kappa shape index (κ2) is 6.58. The Balaban J connectivity index is 2.78. The van der Waals surface area contributed by atoms with Crippen LogP contribution in [0, 0.1) is 25.7 Å². The van der Waals surface area contributed by atoms with Crippen LogP contribution < -0.4 is 0 Å².